The van der Waals surface area contributed by atoms with E-state index in [9.17, 15) is 0 Å². The zero-order valence-corrected chi connectivity index (χ0v) is 10.1. The summed E-state index contributed by atoms with van der Waals surface area (Å²) in [5, 5.41) is 3.53. The number of hydrogen-bond acceptors (Lipinski definition) is 3. The van der Waals surface area contributed by atoms with Crippen molar-refractivity contribution in [3.63, 3.8) is 0 Å². The topological polar surface area (TPSA) is 30.5 Å². The lowest BCUT2D eigenvalue weighted by Crippen LogP contribution is -2.23. The molecular weight excluding hydrogens is 214 g/mol. The van der Waals surface area contributed by atoms with Crippen molar-refractivity contribution < 1.29 is 9.47 Å². The van der Waals surface area contributed by atoms with Gasteiger partial charge < -0.3 is 14.8 Å². The molecule has 0 amide bonds. The van der Waals surface area contributed by atoms with Gasteiger partial charge in [-0.25, -0.2) is 0 Å². The van der Waals surface area contributed by atoms with Gasteiger partial charge in [-0.1, -0.05) is 12.1 Å². The summed E-state index contributed by atoms with van der Waals surface area (Å²) in [6, 6.07) is 6.84. The summed E-state index contributed by atoms with van der Waals surface area (Å²) < 4.78 is 11.5. The molecule has 1 unspecified atom stereocenters. The van der Waals surface area contributed by atoms with Crippen LogP contribution in [0.2, 0.25) is 0 Å². The van der Waals surface area contributed by atoms with E-state index >= 15 is 0 Å². The summed E-state index contributed by atoms with van der Waals surface area (Å²) in [6.07, 6.45) is 4.57. The third kappa shape index (κ3) is 2.39. The fraction of sp³-hybridized carbons (Fsp3) is 0.571. The highest BCUT2D eigenvalue weighted by molar-refractivity contribution is 5.47. The van der Waals surface area contributed by atoms with Gasteiger partial charge in [0.2, 0.25) is 0 Å². The van der Waals surface area contributed by atoms with Crippen LogP contribution in [0.15, 0.2) is 18.2 Å². The van der Waals surface area contributed by atoms with Crippen LogP contribution in [-0.4, -0.2) is 25.8 Å². The number of hydrogen-bond donors (Lipinski definition) is 1. The van der Waals surface area contributed by atoms with E-state index in [0.717, 1.165) is 44.1 Å². The Morgan fingerprint density at radius 1 is 1.18 bits per heavy atom. The first-order valence-corrected chi connectivity index (χ1v) is 6.54. The van der Waals surface area contributed by atoms with Crippen LogP contribution in [0, 0.1) is 0 Å². The van der Waals surface area contributed by atoms with Crippen LogP contribution in [0.25, 0.3) is 0 Å². The number of para-hydroxylation sites is 1. The van der Waals surface area contributed by atoms with Crippen molar-refractivity contribution in [1.82, 2.24) is 5.32 Å². The van der Waals surface area contributed by atoms with Gasteiger partial charge in [-0.3, -0.25) is 0 Å². The van der Waals surface area contributed by atoms with E-state index in [4.69, 9.17) is 9.47 Å². The standard InChI is InChI=1S/C14H19NO2/c1-4-11(10-12-5-2-7-15-12)14-13(6-1)16-8-3-9-17-14/h1,4,6,12,15H,2-3,5,7-10H2. The molecule has 3 rings (SSSR count). The molecule has 92 valence electrons. The molecule has 1 atom stereocenters. The van der Waals surface area contributed by atoms with E-state index in [-0.39, 0.29) is 0 Å². The minimum Gasteiger partial charge on any atom is -0.490 e. The molecular formula is C14H19NO2. The molecule has 0 bridgehead atoms. The van der Waals surface area contributed by atoms with Crippen molar-refractivity contribution in [1.29, 1.82) is 0 Å². The Balaban J connectivity index is 1.82. The van der Waals surface area contributed by atoms with E-state index in [1.165, 1.54) is 18.4 Å². The van der Waals surface area contributed by atoms with Crippen LogP contribution in [0.4, 0.5) is 0 Å². The van der Waals surface area contributed by atoms with Gasteiger partial charge in [-0.15, -0.1) is 0 Å². The van der Waals surface area contributed by atoms with Gasteiger partial charge >= 0.3 is 0 Å². The highest BCUT2D eigenvalue weighted by Crippen LogP contribution is 2.34. The van der Waals surface area contributed by atoms with Crippen LogP contribution < -0.4 is 14.8 Å². The quantitative estimate of drug-likeness (QED) is 0.849. The lowest BCUT2D eigenvalue weighted by atomic mass is 10.0. The molecule has 2 aliphatic heterocycles. The molecule has 1 fully saturated rings. The molecule has 0 saturated carbocycles. The Morgan fingerprint density at radius 2 is 2.12 bits per heavy atom. The van der Waals surface area contributed by atoms with E-state index in [1.807, 2.05) is 6.07 Å². The molecule has 3 nitrogen and oxygen atoms in total. The largest absolute Gasteiger partial charge is 0.490 e. The third-order valence-corrected chi connectivity index (χ3v) is 3.48. The number of ether oxygens (including phenoxy) is 2. The Morgan fingerprint density at radius 3 is 3.00 bits per heavy atom. The lowest BCUT2D eigenvalue weighted by molar-refractivity contribution is 0.296. The predicted octanol–water partition coefficient (Wildman–Crippen LogP) is 2.14. The van der Waals surface area contributed by atoms with Crippen molar-refractivity contribution in [3.05, 3.63) is 23.8 Å². The van der Waals surface area contributed by atoms with Crippen molar-refractivity contribution in [2.75, 3.05) is 19.8 Å². The van der Waals surface area contributed by atoms with Crippen LogP contribution in [0.1, 0.15) is 24.8 Å². The maximum absolute atomic E-state index is 5.84. The molecule has 0 spiro atoms. The SMILES string of the molecule is c1cc(CC2CCCN2)c2c(c1)OCCCO2. The molecule has 0 radical (unpaired) electrons. The Labute approximate surface area is 102 Å². The Kier molecular flexibility index (Phi) is 3.18. The molecule has 0 aliphatic carbocycles. The van der Waals surface area contributed by atoms with Crippen molar-refractivity contribution in [3.8, 4) is 11.5 Å². The first kappa shape index (κ1) is 10.9. The van der Waals surface area contributed by atoms with Crippen LogP contribution in [-0.2, 0) is 6.42 Å². The number of benzene rings is 1. The van der Waals surface area contributed by atoms with Gasteiger partial charge in [-0.05, 0) is 37.4 Å². The fourth-order valence-electron chi connectivity index (χ4n) is 2.61. The first-order valence-electron chi connectivity index (χ1n) is 6.54. The van der Waals surface area contributed by atoms with Gasteiger partial charge in [0.25, 0.3) is 0 Å². The van der Waals surface area contributed by atoms with Crippen LogP contribution >= 0.6 is 0 Å². The second kappa shape index (κ2) is 4.96. The average molecular weight is 233 g/mol. The summed E-state index contributed by atoms with van der Waals surface area (Å²) in [6.45, 7) is 2.68. The van der Waals surface area contributed by atoms with Crippen molar-refractivity contribution in [2.24, 2.45) is 0 Å². The Bertz CT molecular complexity index is 386. The van der Waals surface area contributed by atoms with E-state index < -0.39 is 0 Å². The molecule has 2 heterocycles. The number of fused-ring (bicyclic) bond motifs is 1. The third-order valence-electron chi connectivity index (χ3n) is 3.48. The van der Waals surface area contributed by atoms with E-state index in [1.54, 1.807) is 0 Å². The first-order chi connectivity index (χ1) is 8.43. The predicted molar refractivity (Wildman–Crippen MR) is 66.8 cm³/mol. The second-order valence-corrected chi connectivity index (χ2v) is 4.79. The molecule has 17 heavy (non-hydrogen) atoms. The van der Waals surface area contributed by atoms with E-state index in [0.29, 0.717) is 6.04 Å². The molecule has 3 heteroatoms. The second-order valence-electron chi connectivity index (χ2n) is 4.79. The zero-order valence-electron chi connectivity index (χ0n) is 10.1. The summed E-state index contributed by atoms with van der Waals surface area (Å²) in [5.74, 6) is 1.89. The summed E-state index contributed by atoms with van der Waals surface area (Å²) in [7, 11) is 0. The highest BCUT2D eigenvalue weighted by Gasteiger charge is 2.19. The minimum atomic E-state index is 0.605. The minimum absolute atomic E-state index is 0.605. The lowest BCUT2D eigenvalue weighted by Gasteiger charge is -2.15. The average Bonchev–Trinajstić information content (AvgIpc) is 2.73. The van der Waals surface area contributed by atoms with Crippen molar-refractivity contribution >= 4 is 0 Å². The monoisotopic (exact) mass is 233 g/mol. The molecule has 0 aromatic heterocycles. The molecule has 2 aliphatic rings. The number of nitrogens with one attached hydrogen (secondary N) is 1. The zero-order chi connectivity index (χ0) is 11.5. The van der Waals surface area contributed by atoms with E-state index in [2.05, 4.69) is 17.4 Å². The van der Waals surface area contributed by atoms with Crippen LogP contribution in [0.5, 0.6) is 11.5 Å². The Hall–Kier alpha value is -1.22. The van der Waals surface area contributed by atoms with Crippen molar-refractivity contribution in [2.45, 2.75) is 31.7 Å². The van der Waals surface area contributed by atoms with Gasteiger partial charge in [0.15, 0.2) is 11.5 Å². The fourth-order valence-corrected chi connectivity index (χ4v) is 2.61. The maximum atomic E-state index is 5.84. The highest BCUT2D eigenvalue weighted by atomic mass is 16.5. The molecule has 1 aromatic rings. The smallest absolute Gasteiger partial charge is 0.164 e. The summed E-state index contributed by atoms with van der Waals surface area (Å²) in [5.41, 5.74) is 1.28. The summed E-state index contributed by atoms with van der Waals surface area (Å²) in [4.78, 5) is 0. The van der Waals surface area contributed by atoms with Gasteiger partial charge in [-0.2, -0.15) is 0 Å². The van der Waals surface area contributed by atoms with Gasteiger partial charge in [0, 0.05) is 12.5 Å². The molecule has 1 N–H and O–H groups in total. The normalized spacial score (nSPS) is 23.4. The van der Waals surface area contributed by atoms with Crippen LogP contribution in [0.3, 0.4) is 0 Å². The molecule has 1 aromatic carbocycles. The maximum Gasteiger partial charge on any atom is 0.164 e. The molecule has 1 saturated heterocycles. The van der Waals surface area contributed by atoms with Gasteiger partial charge in [0.1, 0.15) is 0 Å². The number of rotatable bonds is 2. The summed E-state index contributed by atoms with van der Waals surface area (Å²) >= 11 is 0. The van der Waals surface area contributed by atoms with Gasteiger partial charge in [0.05, 0.1) is 13.2 Å².